The highest BCUT2D eigenvalue weighted by Crippen LogP contribution is 2.63. The van der Waals surface area contributed by atoms with Gasteiger partial charge in [-0.05, 0) is 71.5 Å². The maximum absolute atomic E-state index is 14.4. The van der Waals surface area contributed by atoms with Crippen molar-refractivity contribution in [3.05, 3.63) is 93.8 Å². The fraction of sp³-hybridized carbons (Fsp3) is 0.269. The predicted molar refractivity (Wildman–Crippen MR) is 120 cm³/mol. The first-order chi connectivity index (χ1) is 16.5. The summed E-state index contributed by atoms with van der Waals surface area (Å²) in [6.45, 7) is 3.91. The number of carbonyl (C=O) groups is 1. The third-order valence-electron chi connectivity index (χ3n) is 6.62. The molecule has 1 unspecified atom stereocenters. The SMILES string of the molecule is C=C1C=C2C(=CC1OCc1cc(Oc3ccc(C(F)(F)F)cc3Cl)ccc1F)C[C@H]1[C@H](C(=O)O)[C@@H]21. The number of allylic oxidation sites excluding steroid dienone is 2. The van der Waals surface area contributed by atoms with Crippen molar-refractivity contribution in [3.8, 4) is 11.5 Å². The second-order valence-corrected chi connectivity index (χ2v) is 9.26. The molecule has 0 bridgehead atoms. The van der Waals surface area contributed by atoms with E-state index in [0.29, 0.717) is 12.0 Å². The van der Waals surface area contributed by atoms with Gasteiger partial charge in [0.1, 0.15) is 23.4 Å². The minimum absolute atomic E-state index is 0.000616. The molecule has 0 heterocycles. The number of hydrogen-bond acceptors (Lipinski definition) is 3. The second-order valence-electron chi connectivity index (χ2n) is 8.85. The van der Waals surface area contributed by atoms with Crippen LogP contribution >= 0.6 is 11.6 Å². The van der Waals surface area contributed by atoms with Gasteiger partial charge in [-0.2, -0.15) is 13.2 Å². The number of halogens is 5. The van der Waals surface area contributed by atoms with E-state index >= 15 is 0 Å². The number of aliphatic carboxylic acids is 1. The lowest BCUT2D eigenvalue weighted by Crippen LogP contribution is -2.18. The molecule has 4 atom stereocenters. The van der Waals surface area contributed by atoms with E-state index in [1.54, 1.807) is 0 Å². The Bertz CT molecular complexity index is 1300. The Labute approximate surface area is 203 Å². The summed E-state index contributed by atoms with van der Waals surface area (Å²) in [5.41, 5.74) is 1.99. The average molecular weight is 507 g/mol. The van der Waals surface area contributed by atoms with Crippen LogP contribution in [-0.2, 0) is 22.3 Å². The molecule has 0 saturated heterocycles. The number of alkyl halides is 3. The van der Waals surface area contributed by atoms with Crippen molar-refractivity contribution in [2.75, 3.05) is 0 Å². The highest BCUT2D eigenvalue weighted by atomic mass is 35.5. The number of hydrogen-bond donors (Lipinski definition) is 1. The fourth-order valence-corrected chi connectivity index (χ4v) is 5.07. The first-order valence-electron chi connectivity index (χ1n) is 10.8. The molecule has 1 N–H and O–H groups in total. The predicted octanol–water partition coefficient (Wildman–Crippen LogP) is 6.95. The van der Waals surface area contributed by atoms with Gasteiger partial charge in [0, 0.05) is 11.5 Å². The molecule has 2 saturated carbocycles. The van der Waals surface area contributed by atoms with Gasteiger partial charge in [0.25, 0.3) is 0 Å². The van der Waals surface area contributed by atoms with E-state index < -0.39 is 29.6 Å². The normalized spacial score (nSPS) is 24.9. The summed E-state index contributed by atoms with van der Waals surface area (Å²) < 4.78 is 64.4. The van der Waals surface area contributed by atoms with Gasteiger partial charge in [-0.3, -0.25) is 4.79 Å². The van der Waals surface area contributed by atoms with Crippen LogP contribution in [0.4, 0.5) is 17.6 Å². The van der Waals surface area contributed by atoms with Gasteiger partial charge in [0.2, 0.25) is 0 Å². The van der Waals surface area contributed by atoms with Gasteiger partial charge in [-0.15, -0.1) is 0 Å². The van der Waals surface area contributed by atoms with Crippen molar-refractivity contribution >= 4 is 17.6 Å². The fourth-order valence-electron chi connectivity index (χ4n) is 4.85. The second kappa shape index (κ2) is 8.53. The minimum atomic E-state index is -4.53. The zero-order chi connectivity index (χ0) is 25.1. The van der Waals surface area contributed by atoms with E-state index in [2.05, 4.69) is 6.58 Å². The van der Waals surface area contributed by atoms with Crippen LogP contribution in [0.5, 0.6) is 11.5 Å². The van der Waals surface area contributed by atoms with Crippen molar-refractivity contribution in [2.24, 2.45) is 17.8 Å². The van der Waals surface area contributed by atoms with E-state index in [1.165, 1.54) is 18.2 Å². The Balaban J connectivity index is 1.26. The van der Waals surface area contributed by atoms with Crippen molar-refractivity contribution in [2.45, 2.75) is 25.3 Å². The number of fused-ring (bicyclic) bond motifs is 3. The molecule has 35 heavy (non-hydrogen) atoms. The van der Waals surface area contributed by atoms with Crippen molar-refractivity contribution in [1.29, 1.82) is 0 Å². The standard InChI is InChI=1S/C26H19ClF4O4/c1-12-6-17-13(8-18-23(17)24(18)25(32)33)9-22(12)34-11-14-7-16(3-4-20(14)28)35-21-5-2-15(10-19(21)27)26(29,30)31/h2-7,9-10,18,22-24H,1,8,11H2,(H,32,33)/t18-,22?,23+,24+/m1/s1. The average Bonchev–Trinajstić information content (AvgIpc) is 3.39. The highest BCUT2D eigenvalue weighted by Gasteiger charge is 2.61. The molecule has 0 amide bonds. The summed E-state index contributed by atoms with van der Waals surface area (Å²) in [5, 5.41) is 9.06. The summed E-state index contributed by atoms with van der Waals surface area (Å²) in [6, 6.07) is 6.63. The Morgan fingerprint density at radius 3 is 2.66 bits per heavy atom. The molecule has 3 aliphatic carbocycles. The lowest BCUT2D eigenvalue weighted by Gasteiger charge is -2.23. The largest absolute Gasteiger partial charge is 0.481 e. The smallest absolute Gasteiger partial charge is 0.416 e. The summed E-state index contributed by atoms with van der Waals surface area (Å²) in [7, 11) is 0. The van der Waals surface area contributed by atoms with E-state index in [4.69, 9.17) is 21.1 Å². The number of rotatable bonds is 6. The summed E-state index contributed by atoms with van der Waals surface area (Å²) in [5.74, 6) is -1.32. The molecule has 0 aromatic heterocycles. The van der Waals surface area contributed by atoms with Gasteiger partial charge >= 0.3 is 12.1 Å². The molecule has 2 aromatic carbocycles. The quantitative estimate of drug-likeness (QED) is 0.431. The Morgan fingerprint density at radius 1 is 1.20 bits per heavy atom. The first-order valence-corrected chi connectivity index (χ1v) is 11.2. The van der Waals surface area contributed by atoms with Crippen molar-refractivity contribution in [3.63, 3.8) is 0 Å². The van der Waals surface area contributed by atoms with Crippen LogP contribution in [0.3, 0.4) is 0 Å². The lowest BCUT2D eigenvalue weighted by molar-refractivity contribution is -0.139. The van der Waals surface area contributed by atoms with Gasteiger partial charge in [-0.25, -0.2) is 4.39 Å². The molecule has 0 spiro atoms. The maximum atomic E-state index is 14.4. The van der Waals surface area contributed by atoms with Gasteiger partial charge in [0.15, 0.2) is 0 Å². The molecule has 2 fully saturated rings. The summed E-state index contributed by atoms with van der Waals surface area (Å²) in [6.07, 6.45) is -0.568. The monoisotopic (exact) mass is 506 g/mol. The van der Waals surface area contributed by atoms with Gasteiger partial charge < -0.3 is 14.6 Å². The summed E-state index contributed by atoms with van der Waals surface area (Å²) >= 11 is 5.94. The van der Waals surface area contributed by atoms with Crippen molar-refractivity contribution < 1.29 is 36.9 Å². The number of carboxylic acids is 1. The third-order valence-corrected chi connectivity index (χ3v) is 6.92. The Morgan fingerprint density at radius 2 is 1.97 bits per heavy atom. The van der Waals surface area contributed by atoms with E-state index in [9.17, 15) is 27.5 Å². The van der Waals surface area contributed by atoms with E-state index in [-0.39, 0.29) is 46.4 Å². The van der Waals surface area contributed by atoms with E-state index in [1.807, 2.05) is 12.2 Å². The molecule has 2 aromatic rings. The molecule has 182 valence electrons. The highest BCUT2D eigenvalue weighted by molar-refractivity contribution is 6.32. The minimum Gasteiger partial charge on any atom is -0.481 e. The zero-order valence-electron chi connectivity index (χ0n) is 18.1. The molecule has 3 aliphatic rings. The molecule has 9 heteroatoms. The number of carboxylic acid groups (broad SMARTS) is 1. The van der Waals surface area contributed by atoms with Gasteiger partial charge in [-0.1, -0.05) is 24.3 Å². The molecular formula is C26H19ClF4O4. The molecular weight excluding hydrogens is 488 g/mol. The van der Waals surface area contributed by atoms with Crippen LogP contribution in [0.15, 0.2) is 71.8 Å². The molecule has 5 rings (SSSR count). The zero-order valence-corrected chi connectivity index (χ0v) is 18.9. The maximum Gasteiger partial charge on any atom is 0.416 e. The third kappa shape index (κ3) is 4.48. The van der Waals surface area contributed by atoms with E-state index in [0.717, 1.165) is 29.3 Å². The Kier molecular flexibility index (Phi) is 5.76. The van der Waals surface area contributed by atoms with Crippen LogP contribution < -0.4 is 4.74 Å². The van der Waals surface area contributed by atoms with Crippen LogP contribution in [0.2, 0.25) is 5.02 Å². The Hall–Kier alpha value is -3.10. The topological polar surface area (TPSA) is 55.8 Å². The lowest BCUT2D eigenvalue weighted by atomic mass is 9.90. The molecule has 0 radical (unpaired) electrons. The summed E-state index contributed by atoms with van der Waals surface area (Å²) in [4.78, 5) is 11.3. The van der Waals surface area contributed by atoms with Crippen LogP contribution in [0.25, 0.3) is 0 Å². The van der Waals surface area contributed by atoms with Crippen LogP contribution in [-0.4, -0.2) is 17.2 Å². The van der Waals surface area contributed by atoms with Crippen LogP contribution in [0.1, 0.15) is 17.5 Å². The number of benzene rings is 2. The number of ether oxygens (including phenoxy) is 2. The van der Waals surface area contributed by atoms with Crippen molar-refractivity contribution in [1.82, 2.24) is 0 Å². The molecule has 4 nitrogen and oxygen atoms in total. The van der Waals surface area contributed by atoms with Crippen LogP contribution in [0, 0.1) is 23.6 Å². The first kappa shape index (κ1) is 23.6. The molecule has 0 aliphatic heterocycles. The van der Waals surface area contributed by atoms with Gasteiger partial charge in [0.05, 0.1) is 23.1 Å².